The van der Waals surface area contributed by atoms with E-state index in [1.165, 1.54) is 6.92 Å². The van der Waals surface area contributed by atoms with Crippen molar-refractivity contribution in [3.8, 4) is 0 Å². The summed E-state index contributed by atoms with van der Waals surface area (Å²) in [6, 6.07) is 8.97. The third-order valence-corrected chi connectivity index (χ3v) is 3.24. The fourth-order valence-electron chi connectivity index (χ4n) is 2.03. The Bertz CT molecular complexity index is 578. The number of hydrogen-bond donors (Lipinski definition) is 2. The molecule has 0 aromatic heterocycles. The Hall–Kier alpha value is -2.37. The van der Waals surface area contributed by atoms with Crippen molar-refractivity contribution >= 4 is 17.9 Å². The fourth-order valence-corrected chi connectivity index (χ4v) is 2.03. The predicted octanol–water partition coefficient (Wildman–Crippen LogP) is 2.74. The van der Waals surface area contributed by atoms with E-state index < -0.39 is 29.6 Å². The van der Waals surface area contributed by atoms with Crippen LogP contribution in [0.15, 0.2) is 30.3 Å². The normalized spacial score (nSPS) is 13.5. The number of rotatable bonds is 5. The van der Waals surface area contributed by atoms with Gasteiger partial charge in [0.25, 0.3) is 5.91 Å². The van der Waals surface area contributed by atoms with Crippen LogP contribution in [0.3, 0.4) is 0 Å². The van der Waals surface area contributed by atoms with Crippen LogP contribution in [-0.2, 0) is 14.3 Å². The SMILES string of the molecule is C[C@H](CC(=O)O[C@H](C)C(=O)NC(=O)NC(C)(C)C)c1ccccc1. The molecule has 0 bridgehead atoms. The first-order valence-electron chi connectivity index (χ1n) is 7.96. The van der Waals surface area contributed by atoms with Crippen LogP contribution in [0.25, 0.3) is 0 Å². The van der Waals surface area contributed by atoms with Gasteiger partial charge in [-0.05, 0) is 39.2 Å². The number of hydrogen-bond acceptors (Lipinski definition) is 4. The molecule has 0 spiro atoms. The number of nitrogens with one attached hydrogen (secondary N) is 2. The molecule has 0 saturated heterocycles. The van der Waals surface area contributed by atoms with Gasteiger partial charge >= 0.3 is 12.0 Å². The van der Waals surface area contributed by atoms with Crippen LogP contribution in [0.5, 0.6) is 0 Å². The molecule has 6 nitrogen and oxygen atoms in total. The minimum atomic E-state index is -1.04. The second-order valence-corrected chi connectivity index (χ2v) is 6.84. The highest BCUT2D eigenvalue weighted by atomic mass is 16.5. The number of imide groups is 1. The molecule has 0 aliphatic heterocycles. The Labute approximate surface area is 143 Å². The first-order valence-corrected chi connectivity index (χ1v) is 7.96. The van der Waals surface area contributed by atoms with Crippen molar-refractivity contribution in [2.75, 3.05) is 0 Å². The maximum Gasteiger partial charge on any atom is 0.321 e. The standard InChI is InChI=1S/C18H26N2O4/c1-12(14-9-7-6-8-10-14)11-15(21)24-13(2)16(22)19-17(23)20-18(3,4)5/h6-10,12-13H,11H2,1-5H3,(H2,19,20,22,23)/t12-,13-/m1/s1. The molecule has 6 heteroatoms. The average Bonchev–Trinajstić information content (AvgIpc) is 2.45. The quantitative estimate of drug-likeness (QED) is 0.811. The molecule has 0 aliphatic carbocycles. The zero-order valence-electron chi connectivity index (χ0n) is 14.9. The molecular formula is C18H26N2O4. The second kappa shape index (κ2) is 8.47. The molecule has 0 fully saturated rings. The zero-order chi connectivity index (χ0) is 18.3. The lowest BCUT2D eigenvalue weighted by atomic mass is 9.98. The number of carbonyl (C=O) groups excluding carboxylic acids is 3. The van der Waals surface area contributed by atoms with Gasteiger partial charge in [0.1, 0.15) is 0 Å². The summed E-state index contributed by atoms with van der Waals surface area (Å²) < 4.78 is 5.10. The van der Waals surface area contributed by atoms with Crippen molar-refractivity contribution in [2.45, 2.75) is 58.6 Å². The molecule has 1 aromatic rings. The van der Waals surface area contributed by atoms with Gasteiger partial charge in [0.15, 0.2) is 6.10 Å². The van der Waals surface area contributed by atoms with Crippen LogP contribution >= 0.6 is 0 Å². The van der Waals surface area contributed by atoms with Crippen LogP contribution in [0.2, 0.25) is 0 Å². The summed E-state index contributed by atoms with van der Waals surface area (Å²) in [6.45, 7) is 8.74. The number of carbonyl (C=O) groups is 3. The molecule has 3 amide bonds. The van der Waals surface area contributed by atoms with Crippen molar-refractivity contribution in [1.82, 2.24) is 10.6 Å². The van der Waals surface area contributed by atoms with Crippen LogP contribution in [0.4, 0.5) is 4.79 Å². The molecular weight excluding hydrogens is 308 g/mol. The highest BCUT2D eigenvalue weighted by Gasteiger charge is 2.23. The van der Waals surface area contributed by atoms with Gasteiger partial charge in [-0.3, -0.25) is 14.9 Å². The van der Waals surface area contributed by atoms with Gasteiger partial charge in [-0.15, -0.1) is 0 Å². The Morgan fingerprint density at radius 1 is 1.08 bits per heavy atom. The second-order valence-electron chi connectivity index (χ2n) is 6.84. The van der Waals surface area contributed by atoms with Gasteiger partial charge in [0.05, 0.1) is 6.42 Å². The molecule has 0 aliphatic rings. The summed E-state index contributed by atoms with van der Waals surface area (Å²) in [5.41, 5.74) is 0.561. The smallest absolute Gasteiger partial charge is 0.321 e. The first kappa shape index (κ1) is 19.7. The third-order valence-electron chi connectivity index (χ3n) is 3.24. The van der Waals surface area contributed by atoms with Gasteiger partial charge in [-0.1, -0.05) is 37.3 Å². The average molecular weight is 334 g/mol. The maximum atomic E-state index is 12.0. The molecule has 2 atom stereocenters. The first-order chi connectivity index (χ1) is 11.1. The predicted molar refractivity (Wildman–Crippen MR) is 91.5 cm³/mol. The molecule has 1 rings (SSSR count). The van der Waals surface area contributed by atoms with Gasteiger partial charge in [0.2, 0.25) is 0 Å². The monoisotopic (exact) mass is 334 g/mol. The van der Waals surface area contributed by atoms with Crippen molar-refractivity contribution in [2.24, 2.45) is 0 Å². The van der Waals surface area contributed by atoms with Gasteiger partial charge in [-0.25, -0.2) is 4.79 Å². The van der Waals surface area contributed by atoms with Gasteiger partial charge in [-0.2, -0.15) is 0 Å². The molecule has 0 unspecified atom stereocenters. The fraction of sp³-hybridized carbons (Fsp3) is 0.500. The van der Waals surface area contributed by atoms with Crippen molar-refractivity contribution in [1.29, 1.82) is 0 Å². The number of urea groups is 1. The van der Waals surface area contributed by atoms with E-state index in [0.717, 1.165) is 5.56 Å². The Balaban J connectivity index is 2.45. The Morgan fingerprint density at radius 2 is 1.67 bits per heavy atom. The lowest BCUT2D eigenvalue weighted by molar-refractivity contribution is -0.154. The van der Waals surface area contributed by atoms with Crippen LogP contribution < -0.4 is 10.6 Å². The number of benzene rings is 1. The molecule has 1 aromatic carbocycles. The molecule has 0 saturated carbocycles. The number of amides is 3. The Morgan fingerprint density at radius 3 is 2.21 bits per heavy atom. The zero-order valence-corrected chi connectivity index (χ0v) is 14.9. The van der Waals surface area contributed by atoms with E-state index in [4.69, 9.17) is 4.74 Å². The van der Waals surface area contributed by atoms with Crippen molar-refractivity contribution in [3.63, 3.8) is 0 Å². The van der Waals surface area contributed by atoms with E-state index in [0.29, 0.717) is 0 Å². The van der Waals surface area contributed by atoms with Gasteiger partial charge in [0, 0.05) is 5.54 Å². The molecule has 0 heterocycles. The summed E-state index contributed by atoms with van der Waals surface area (Å²) in [4.78, 5) is 35.5. The summed E-state index contributed by atoms with van der Waals surface area (Å²) in [7, 11) is 0. The maximum absolute atomic E-state index is 12.0. The molecule has 24 heavy (non-hydrogen) atoms. The van der Waals surface area contributed by atoms with E-state index in [1.807, 2.05) is 37.3 Å². The highest BCUT2D eigenvalue weighted by Crippen LogP contribution is 2.19. The van der Waals surface area contributed by atoms with E-state index in [2.05, 4.69) is 10.6 Å². The molecule has 0 radical (unpaired) electrons. The van der Waals surface area contributed by atoms with Gasteiger partial charge < -0.3 is 10.1 Å². The summed E-state index contributed by atoms with van der Waals surface area (Å²) >= 11 is 0. The van der Waals surface area contributed by atoms with Crippen LogP contribution in [0.1, 0.15) is 52.5 Å². The number of esters is 1. The number of ether oxygens (including phenoxy) is 1. The molecule has 132 valence electrons. The van der Waals surface area contributed by atoms with Crippen LogP contribution in [0, 0.1) is 0 Å². The largest absolute Gasteiger partial charge is 0.453 e. The Kier molecular flexibility index (Phi) is 6.95. The molecule has 2 N–H and O–H groups in total. The minimum absolute atomic E-state index is 0.0156. The van der Waals surface area contributed by atoms with Crippen LogP contribution in [-0.4, -0.2) is 29.6 Å². The summed E-state index contributed by atoms with van der Waals surface area (Å²) in [5.74, 6) is -1.15. The van der Waals surface area contributed by atoms with Crippen molar-refractivity contribution in [3.05, 3.63) is 35.9 Å². The lowest BCUT2D eigenvalue weighted by Gasteiger charge is -2.21. The van der Waals surface area contributed by atoms with E-state index in [-0.39, 0.29) is 12.3 Å². The van der Waals surface area contributed by atoms with E-state index >= 15 is 0 Å². The van der Waals surface area contributed by atoms with E-state index in [1.54, 1.807) is 20.8 Å². The highest BCUT2D eigenvalue weighted by molar-refractivity contribution is 5.97. The minimum Gasteiger partial charge on any atom is -0.453 e. The summed E-state index contributed by atoms with van der Waals surface area (Å²) in [6.07, 6.45) is -0.873. The third kappa shape index (κ3) is 7.26. The van der Waals surface area contributed by atoms with Crippen molar-refractivity contribution < 1.29 is 19.1 Å². The van der Waals surface area contributed by atoms with E-state index in [9.17, 15) is 14.4 Å². The summed E-state index contributed by atoms with van der Waals surface area (Å²) in [5, 5.41) is 4.76. The lowest BCUT2D eigenvalue weighted by Crippen LogP contribution is -2.50. The topological polar surface area (TPSA) is 84.5 Å².